The molecule has 1 aromatic carbocycles. The zero-order valence-corrected chi connectivity index (χ0v) is 16.7. The lowest BCUT2D eigenvalue weighted by molar-refractivity contribution is -0.0148. The SMILES string of the molecule is C[C@@H](OC(=O)c1ccccc1)[C@@H]1CCC(CCCO)N1C(=O)OC(C)(C)C. The summed E-state index contributed by atoms with van der Waals surface area (Å²) in [5, 5.41) is 9.15. The maximum absolute atomic E-state index is 12.8. The number of benzene rings is 1. The second-order valence-corrected chi connectivity index (χ2v) is 8.03. The number of rotatable bonds is 6. The molecule has 1 N–H and O–H groups in total. The van der Waals surface area contributed by atoms with E-state index in [0.29, 0.717) is 18.4 Å². The van der Waals surface area contributed by atoms with E-state index in [2.05, 4.69) is 0 Å². The van der Waals surface area contributed by atoms with Crippen LogP contribution < -0.4 is 0 Å². The number of carbonyl (C=O) groups is 2. The van der Waals surface area contributed by atoms with Crippen LogP contribution in [0.2, 0.25) is 0 Å². The Bertz CT molecular complexity index is 625. The Labute approximate surface area is 161 Å². The molecule has 0 aromatic heterocycles. The third kappa shape index (κ3) is 5.96. The second-order valence-electron chi connectivity index (χ2n) is 8.03. The van der Waals surface area contributed by atoms with E-state index >= 15 is 0 Å². The van der Waals surface area contributed by atoms with Crippen LogP contribution in [0.15, 0.2) is 30.3 Å². The van der Waals surface area contributed by atoms with Gasteiger partial charge in [0.05, 0.1) is 11.6 Å². The van der Waals surface area contributed by atoms with Crippen molar-refractivity contribution in [2.45, 2.75) is 77.2 Å². The molecule has 1 amide bonds. The van der Waals surface area contributed by atoms with E-state index in [0.717, 1.165) is 12.8 Å². The summed E-state index contributed by atoms with van der Waals surface area (Å²) in [6.07, 6.45) is 2.01. The van der Waals surface area contributed by atoms with Gasteiger partial charge in [0.25, 0.3) is 0 Å². The van der Waals surface area contributed by atoms with Gasteiger partial charge in [0, 0.05) is 12.6 Å². The first-order chi connectivity index (χ1) is 12.7. The minimum Gasteiger partial charge on any atom is -0.457 e. The van der Waals surface area contributed by atoms with Gasteiger partial charge in [-0.05, 0) is 65.5 Å². The molecule has 1 unspecified atom stereocenters. The molecule has 1 saturated heterocycles. The summed E-state index contributed by atoms with van der Waals surface area (Å²) in [6.45, 7) is 7.39. The van der Waals surface area contributed by atoms with E-state index in [-0.39, 0.29) is 18.7 Å². The van der Waals surface area contributed by atoms with Gasteiger partial charge < -0.3 is 14.6 Å². The average Bonchev–Trinajstić information content (AvgIpc) is 3.03. The molecule has 1 fully saturated rings. The van der Waals surface area contributed by atoms with Crippen molar-refractivity contribution in [3.8, 4) is 0 Å². The smallest absolute Gasteiger partial charge is 0.410 e. The van der Waals surface area contributed by atoms with Crippen molar-refractivity contribution in [2.75, 3.05) is 6.61 Å². The van der Waals surface area contributed by atoms with Gasteiger partial charge in [-0.2, -0.15) is 0 Å². The fourth-order valence-corrected chi connectivity index (χ4v) is 3.47. The summed E-state index contributed by atoms with van der Waals surface area (Å²) in [5.74, 6) is -0.397. The van der Waals surface area contributed by atoms with Crippen molar-refractivity contribution in [1.82, 2.24) is 4.90 Å². The van der Waals surface area contributed by atoms with Gasteiger partial charge in [0.15, 0.2) is 0 Å². The molecule has 0 radical (unpaired) electrons. The van der Waals surface area contributed by atoms with Gasteiger partial charge in [-0.15, -0.1) is 0 Å². The summed E-state index contributed by atoms with van der Waals surface area (Å²) in [7, 11) is 0. The third-order valence-corrected chi connectivity index (χ3v) is 4.69. The molecule has 1 heterocycles. The highest BCUT2D eigenvalue weighted by Crippen LogP contribution is 2.32. The van der Waals surface area contributed by atoms with Crippen molar-refractivity contribution < 1.29 is 24.2 Å². The Morgan fingerprint density at radius 3 is 2.48 bits per heavy atom. The Balaban J connectivity index is 2.11. The molecule has 2 rings (SSSR count). The Hall–Kier alpha value is -2.08. The van der Waals surface area contributed by atoms with Gasteiger partial charge >= 0.3 is 12.1 Å². The number of hydrogen-bond acceptors (Lipinski definition) is 5. The maximum Gasteiger partial charge on any atom is 0.410 e. The molecule has 150 valence electrons. The van der Waals surface area contributed by atoms with Crippen molar-refractivity contribution in [3.63, 3.8) is 0 Å². The third-order valence-electron chi connectivity index (χ3n) is 4.69. The average molecular weight is 377 g/mol. The van der Waals surface area contributed by atoms with E-state index in [4.69, 9.17) is 14.6 Å². The fourth-order valence-electron chi connectivity index (χ4n) is 3.47. The summed E-state index contributed by atoms with van der Waals surface area (Å²) in [6, 6.07) is 8.57. The number of amides is 1. The molecule has 1 aliphatic rings. The number of ether oxygens (including phenoxy) is 2. The lowest BCUT2D eigenvalue weighted by Gasteiger charge is -2.35. The topological polar surface area (TPSA) is 76.1 Å². The summed E-state index contributed by atoms with van der Waals surface area (Å²) < 4.78 is 11.2. The van der Waals surface area contributed by atoms with E-state index in [1.165, 1.54) is 0 Å². The van der Waals surface area contributed by atoms with E-state index in [1.807, 2.05) is 33.8 Å². The maximum atomic E-state index is 12.8. The molecule has 0 aliphatic carbocycles. The number of carbonyl (C=O) groups excluding carboxylic acids is 2. The molecule has 0 bridgehead atoms. The highest BCUT2D eigenvalue weighted by molar-refractivity contribution is 5.89. The molecule has 0 spiro atoms. The van der Waals surface area contributed by atoms with Crippen LogP contribution in [0.3, 0.4) is 0 Å². The molecule has 0 saturated carbocycles. The number of likely N-dealkylation sites (tertiary alicyclic amines) is 1. The van der Waals surface area contributed by atoms with Gasteiger partial charge in [0.2, 0.25) is 0 Å². The largest absolute Gasteiger partial charge is 0.457 e. The molecular weight excluding hydrogens is 346 g/mol. The van der Waals surface area contributed by atoms with Crippen molar-refractivity contribution in [1.29, 1.82) is 0 Å². The highest BCUT2D eigenvalue weighted by Gasteiger charge is 2.42. The van der Waals surface area contributed by atoms with Crippen LogP contribution in [0.1, 0.15) is 63.7 Å². The monoisotopic (exact) mass is 377 g/mol. The highest BCUT2D eigenvalue weighted by atomic mass is 16.6. The van der Waals surface area contributed by atoms with Crippen LogP contribution in [-0.4, -0.2) is 52.5 Å². The van der Waals surface area contributed by atoms with Crippen molar-refractivity contribution in [3.05, 3.63) is 35.9 Å². The number of hydrogen-bond donors (Lipinski definition) is 1. The lowest BCUT2D eigenvalue weighted by Crippen LogP contribution is -2.49. The summed E-state index contributed by atoms with van der Waals surface area (Å²) >= 11 is 0. The van der Waals surface area contributed by atoms with E-state index in [1.54, 1.807) is 29.2 Å². The zero-order chi connectivity index (χ0) is 20.0. The Morgan fingerprint density at radius 1 is 1.22 bits per heavy atom. The molecule has 1 aromatic rings. The zero-order valence-electron chi connectivity index (χ0n) is 16.7. The van der Waals surface area contributed by atoms with Crippen LogP contribution in [0, 0.1) is 0 Å². The fraction of sp³-hybridized carbons (Fsp3) is 0.619. The summed E-state index contributed by atoms with van der Waals surface area (Å²) in [4.78, 5) is 26.9. The van der Waals surface area contributed by atoms with Gasteiger partial charge in [0.1, 0.15) is 11.7 Å². The van der Waals surface area contributed by atoms with Crippen LogP contribution >= 0.6 is 0 Å². The number of aliphatic hydroxyl groups is 1. The van der Waals surface area contributed by atoms with Gasteiger partial charge in [-0.25, -0.2) is 9.59 Å². The quantitative estimate of drug-likeness (QED) is 0.764. The van der Waals surface area contributed by atoms with Crippen LogP contribution in [0.25, 0.3) is 0 Å². The van der Waals surface area contributed by atoms with Gasteiger partial charge in [-0.3, -0.25) is 4.90 Å². The minimum absolute atomic E-state index is 0.0186. The first-order valence-corrected chi connectivity index (χ1v) is 9.61. The molecule has 27 heavy (non-hydrogen) atoms. The predicted octanol–water partition coefficient (Wildman–Crippen LogP) is 3.77. The molecular formula is C21H31NO5. The number of nitrogens with zero attached hydrogens (tertiary/aromatic N) is 1. The molecule has 6 heteroatoms. The van der Waals surface area contributed by atoms with E-state index < -0.39 is 23.8 Å². The standard InChI is InChI=1S/C21H31NO5/c1-15(26-19(24)16-9-6-5-7-10-16)18-13-12-17(11-8-14-23)22(18)20(25)27-21(2,3)4/h5-7,9-10,15,17-18,23H,8,11-14H2,1-4H3/t15-,17?,18+/m1/s1. The number of aliphatic hydroxyl groups excluding tert-OH is 1. The Kier molecular flexibility index (Phi) is 7.25. The lowest BCUT2D eigenvalue weighted by atomic mass is 10.1. The van der Waals surface area contributed by atoms with Crippen molar-refractivity contribution >= 4 is 12.1 Å². The minimum atomic E-state index is -0.601. The predicted molar refractivity (Wildman–Crippen MR) is 103 cm³/mol. The number of esters is 1. The van der Waals surface area contributed by atoms with Crippen LogP contribution in [0.5, 0.6) is 0 Å². The molecule has 6 nitrogen and oxygen atoms in total. The van der Waals surface area contributed by atoms with E-state index in [9.17, 15) is 9.59 Å². The van der Waals surface area contributed by atoms with Crippen LogP contribution in [-0.2, 0) is 9.47 Å². The summed E-state index contributed by atoms with van der Waals surface area (Å²) in [5.41, 5.74) is -0.113. The first kappa shape index (κ1) is 21.2. The first-order valence-electron chi connectivity index (χ1n) is 9.61. The second kappa shape index (κ2) is 9.22. The van der Waals surface area contributed by atoms with Gasteiger partial charge in [-0.1, -0.05) is 18.2 Å². The van der Waals surface area contributed by atoms with Crippen LogP contribution in [0.4, 0.5) is 4.79 Å². The van der Waals surface area contributed by atoms with Crippen molar-refractivity contribution in [2.24, 2.45) is 0 Å². The Morgan fingerprint density at radius 2 is 1.89 bits per heavy atom. The molecule has 3 atom stereocenters. The molecule has 1 aliphatic heterocycles. The normalized spacial score (nSPS) is 21.0.